The molecule has 1 aliphatic rings. The van der Waals surface area contributed by atoms with Gasteiger partial charge < -0.3 is 4.90 Å². The highest BCUT2D eigenvalue weighted by Crippen LogP contribution is 2.11. The quantitative estimate of drug-likeness (QED) is 0.807. The Balaban J connectivity index is 1.92. The predicted molar refractivity (Wildman–Crippen MR) is 72.9 cm³/mol. The number of benzene rings is 1. The Kier molecular flexibility index (Phi) is 4.12. The maximum absolute atomic E-state index is 11.9. The molecule has 0 radical (unpaired) electrons. The number of hydrogen-bond acceptors (Lipinski definition) is 4. The zero-order chi connectivity index (χ0) is 13.7. The van der Waals surface area contributed by atoms with Crippen molar-refractivity contribution < 1.29 is 9.59 Å². The Bertz CT molecular complexity index is 499. The van der Waals surface area contributed by atoms with Crippen LogP contribution in [0.15, 0.2) is 35.3 Å². The molecule has 6 nitrogen and oxygen atoms in total. The lowest BCUT2D eigenvalue weighted by Crippen LogP contribution is -2.44. The van der Waals surface area contributed by atoms with E-state index in [4.69, 9.17) is 0 Å². The Morgan fingerprint density at radius 1 is 1.42 bits per heavy atom. The molecule has 1 aromatic rings. The highest BCUT2D eigenvalue weighted by Gasteiger charge is 2.16. The molecule has 19 heavy (non-hydrogen) atoms. The van der Waals surface area contributed by atoms with E-state index in [2.05, 4.69) is 15.6 Å². The van der Waals surface area contributed by atoms with Crippen LogP contribution in [0.25, 0.3) is 0 Å². The van der Waals surface area contributed by atoms with Gasteiger partial charge in [-0.3, -0.25) is 20.2 Å². The summed E-state index contributed by atoms with van der Waals surface area (Å²) in [6.45, 7) is 2.99. The van der Waals surface area contributed by atoms with Crippen molar-refractivity contribution in [3.05, 3.63) is 30.3 Å². The summed E-state index contributed by atoms with van der Waals surface area (Å²) in [4.78, 5) is 28.6. The molecule has 100 valence electrons. The smallest absolute Gasteiger partial charge is 0.248 e. The zero-order valence-electron chi connectivity index (χ0n) is 10.7. The van der Waals surface area contributed by atoms with Crippen molar-refractivity contribution in [3.8, 4) is 0 Å². The molecule has 2 N–H and O–H groups in total. The van der Waals surface area contributed by atoms with E-state index >= 15 is 0 Å². The van der Waals surface area contributed by atoms with E-state index in [-0.39, 0.29) is 30.9 Å². The fraction of sp³-hybridized carbons (Fsp3) is 0.308. The summed E-state index contributed by atoms with van der Waals surface area (Å²) in [6, 6.07) is 9.69. The summed E-state index contributed by atoms with van der Waals surface area (Å²) in [5.41, 5.74) is 0.984. The number of carbonyl (C=O) groups is 2. The molecule has 1 aliphatic heterocycles. The van der Waals surface area contributed by atoms with Gasteiger partial charge in [0.15, 0.2) is 0 Å². The third-order valence-corrected chi connectivity index (χ3v) is 2.73. The van der Waals surface area contributed by atoms with E-state index in [0.717, 1.165) is 12.2 Å². The summed E-state index contributed by atoms with van der Waals surface area (Å²) in [6.07, 6.45) is 0. The predicted octanol–water partition coefficient (Wildman–Crippen LogP) is 0.115. The van der Waals surface area contributed by atoms with Crippen molar-refractivity contribution >= 4 is 23.5 Å². The molecule has 0 saturated heterocycles. The minimum atomic E-state index is -0.203. The number of aliphatic imine (C=N–C) groups is 1. The Labute approximate surface area is 111 Å². The van der Waals surface area contributed by atoms with Crippen LogP contribution in [-0.2, 0) is 9.59 Å². The monoisotopic (exact) mass is 260 g/mol. The number of nitrogens with zero attached hydrogens (tertiary/aromatic N) is 2. The van der Waals surface area contributed by atoms with Gasteiger partial charge in [-0.2, -0.15) is 0 Å². The number of nitrogens with one attached hydrogen (secondary N) is 2. The highest BCUT2D eigenvalue weighted by atomic mass is 16.2. The van der Waals surface area contributed by atoms with E-state index in [1.165, 1.54) is 0 Å². The van der Waals surface area contributed by atoms with Gasteiger partial charge in [-0.25, -0.2) is 4.99 Å². The second-order valence-corrected chi connectivity index (χ2v) is 4.11. The molecule has 0 aromatic heterocycles. The maximum atomic E-state index is 11.9. The molecule has 6 heteroatoms. The average molecular weight is 260 g/mol. The second-order valence-electron chi connectivity index (χ2n) is 4.11. The van der Waals surface area contributed by atoms with Gasteiger partial charge in [0.1, 0.15) is 6.54 Å². The maximum Gasteiger partial charge on any atom is 0.248 e. The van der Waals surface area contributed by atoms with Crippen molar-refractivity contribution in [1.29, 1.82) is 0 Å². The third-order valence-electron chi connectivity index (χ3n) is 2.73. The molecular weight excluding hydrogens is 244 g/mol. The number of likely N-dealkylation sites (N-methyl/N-ethyl adjacent to an activating group) is 1. The second kappa shape index (κ2) is 5.99. The third kappa shape index (κ3) is 3.54. The molecule has 0 unspecified atom stereocenters. The van der Waals surface area contributed by atoms with Crippen LogP contribution in [0.3, 0.4) is 0 Å². The number of amides is 2. The number of anilines is 1. The standard InChI is InChI=1S/C13H16N4O2/c1-2-17(10-6-4-3-5-7-10)9-12(19)16-13-14-8-11(18)15-13/h3-7H,2,8-9H2,1H3,(H2,14,15,16,18,19). The van der Waals surface area contributed by atoms with Crippen molar-refractivity contribution in [2.75, 3.05) is 24.5 Å². The summed E-state index contributed by atoms with van der Waals surface area (Å²) in [5, 5.41) is 5.06. The van der Waals surface area contributed by atoms with Crippen LogP contribution in [0, 0.1) is 0 Å². The first-order valence-corrected chi connectivity index (χ1v) is 6.13. The minimum absolute atomic E-state index is 0.0752. The number of carbonyl (C=O) groups excluding carboxylic acids is 2. The molecule has 0 atom stereocenters. The van der Waals surface area contributed by atoms with Crippen LogP contribution in [0.1, 0.15) is 6.92 Å². The first kappa shape index (κ1) is 13.1. The van der Waals surface area contributed by atoms with E-state index in [9.17, 15) is 9.59 Å². The van der Waals surface area contributed by atoms with Crippen molar-refractivity contribution in [2.45, 2.75) is 6.92 Å². The topological polar surface area (TPSA) is 73.8 Å². The van der Waals surface area contributed by atoms with Crippen LogP contribution < -0.4 is 15.5 Å². The van der Waals surface area contributed by atoms with E-state index in [0.29, 0.717) is 0 Å². The van der Waals surface area contributed by atoms with Crippen LogP contribution in [0.4, 0.5) is 5.69 Å². The molecule has 1 heterocycles. The average Bonchev–Trinajstić information content (AvgIpc) is 2.82. The molecule has 0 aliphatic carbocycles. The largest absolute Gasteiger partial charge is 0.362 e. The van der Waals surface area contributed by atoms with Gasteiger partial charge in [0.05, 0.1) is 6.54 Å². The fourth-order valence-corrected chi connectivity index (χ4v) is 1.80. The van der Waals surface area contributed by atoms with Crippen molar-refractivity contribution in [3.63, 3.8) is 0 Å². The first-order chi connectivity index (χ1) is 9.19. The lowest BCUT2D eigenvalue weighted by atomic mass is 10.3. The van der Waals surface area contributed by atoms with Gasteiger partial charge in [-0.05, 0) is 19.1 Å². The van der Waals surface area contributed by atoms with Crippen LogP contribution in [0.5, 0.6) is 0 Å². The number of hydrogen-bond donors (Lipinski definition) is 2. The fourth-order valence-electron chi connectivity index (χ4n) is 1.80. The van der Waals surface area contributed by atoms with Gasteiger partial charge in [-0.15, -0.1) is 0 Å². The Morgan fingerprint density at radius 3 is 2.74 bits per heavy atom. The summed E-state index contributed by atoms with van der Waals surface area (Å²) < 4.78 is 0. The first-order valence-electron chi connectivity index (χ1n) is 6.13. The molecule has 1 aromatic carbocycles. The molecule has 2 rings (SSSR count). The molecule has 0 spiro atoms. The lowest BCUT2D eigenvalue weighted by Gasteiger charge is -2.22. The summed E-state index contributed by atoms with van der Waals surface area (Å²) >= 11 is 0. The van der Waals surface area contributed by atoms with Gasteiger partial charge in [0, 0.05) is 12.2 Å². The highest BCUT2D eigenvalue weighted by molar-refractivity contribution is 6.09. The summed E-state index contributed by atoms with van der Waals surface area (Å²) in [5.74, 6) is -0.170. The number of para-hydroxylation sites is 1. The molecule has 0 bridgehead atoms. The van der Waals surface area contributed by atoms with Gasteiger partial charge in [0.2, 0.25) is 17.8 Å². The SMILES string of the molecule is CCN(CC(=O)NC1=NCC(=O)N1)c1ccccc1. The summed E-state index contributed by atoms with van der Waals surface area (Å²) in [7, 11) is 0. The molecular formula is C13H16N4O2. The van der Waals surface area contributed by atoms with Gasteiger partial charge in [0.25, 0.3) is 0 Å². The van der Waals surface area contributed by atoms with E-state index in [1.807, 2.05) is 42.2 Å². The lowest BCUT2D eigenvalue weighted by molar-refractivity contribution is -0.118. The van der Waals surface area contributed by atoms with Gasteiger partial charge in [-0.1, -0.05) is 18.2 Å². The van der Waals surface area contributed by atoms with E-state index in [1.54, 1.807) is 0 Å². The Hall–Kier alpha value is -2.37. The number of guanidine groups is 1. The molecule has 0 fully saturated rings. The number of rotatable bonds is 4. The van der Waals surface area contributed by atoms with Crippen LogP contribution >= 0.6 is 0 Å². The zero-order valence-corrected chi connectivity index (χ0v) is 10.7. The van der Waals surface area contributed by atoms with Crippen LogP contribution in [-0.4, -0.2) is 37.4 Å². The molecule has 2 amide bonds. The van der Waals surface area contributed by atoms with Crippen molar-refractivity contribution in [1.82, 2.24) is 10.6 Å². The minimum Gasteiger partial charge on any atom is -0.362 e. The van der Waals surface area contributed by atoms with Crippen LogP contribution in [0.2, 0.25) is 0 Å². The normalized spacial score (nSPS) is 13.7. The van der Waals surface area contributed by atoms with Crippen molar-refractivity contribution in [2.24, 2.45) is 4.99 Å². The Morgan fingerprint density at radius 2 is 2.16 bits per heavy atom. The molecule has 0 saturated carbocycles. The van der Waals surface area contributed by atoms with Gasteiger partial charge >= 0.3 is 0 Å². The van der Waals surface area contributed by atoms with E-state index < -0.39 is 0 Å².